The highest BCUT2D eigenvalue weighted by molar-refractivity contribution is 5.78. The summed E-state index contributed by atoms with van der Waals surface area (Å²) in [5, 5.41) is 9.25. The minimum absolute atomic E-state index is 0.163. The standard InChI is InChI=1S/C17H30N2O2/c20-12-11-18(15-7-3-8-15)13-17(21)19-10-4-6-14-5-1-2-9-16(14)19/h14-16,20H,1-13H2. The highest BCUT2D eigenvalue weighted by atomic mass is 16.3. The zero-order chi connectivity index (χ0) is 14.7. The zero-order valence-corrected chi connectivity index (χ0v) is 13.2. The van der Waals surface area contributed by atoms with E-state index in [0.29, 0.717) is 31.1 Å². The van der Waals surface area contributed by atoms with E-state index in [1.807, 2.05) is 0 Å². The van der Waals surface area contributed by atoms with Gasteiger partial charge in [-0.3, -0.25) is 9.69 Å². The summed E-state index contributed by atoms with van der Waals surface area (Å²) < 4.78 is 0. The Morgan fingerprint density at radius 2 is 1.81 bits per heavy atom. The normalized spacial score (nSPS) is 30.1. The molecule has 1 heterocycles. The van der Waals surface area contributed by atoms with Crippen molar-refractivity contribution in [2.24, 2.45) is 5.92 Å². The van der Waals surface area contributed by atoms with E-state index in [2.05, 4.69) is 9.80 Å². The summed E-state index contributed by atoms with van der Waals surface area (Å²) in [6.45, 7) is 2.29. The first kappa shape index (κ1) is 15.3. The van der Waals surface area contributed by atoms with Gasteiger partial charge in [0.25, 0.3) is 0 Å². The number of aliphatic hydroxyl groups excluding tert-OH is 1. The molecule has 1 amide bonds. The molecule has 2 saturated carbocycles. The fraction of sp³-hybridized carbons (Fsp3) is 0.941. The van der Waals surface area contributed by atoms with Crippen LogP contribution in [-0.4, -0.2) is 59.1 Å². The molecule has 1 saturated heterocycles. The molecule has 1 N–H and O–H groups in total. The number of carbonyl (C=O) groups excluding carboxylic acids is 1. The van der Waals surface area contributed by atoms with Gasteiger partial charge in [-0.2, -0.15) is 0 Å². The van der Waals surface area contributed by atoms with Gasteiger partial charge < -0.3 is 10.0 Å². The molecule has 4 heteroatoms. The average molecular weight is 294 g/mol. The van der Waals surface area contributed by atoms with E-state index in [4.69, 9.17) is 0 Å². The molecule has 3 aliphatic rings. The summed E-state index contributed by atoms with van der Waals surface area (Å²) >= 11 is 0. The summed E-state index contributed by atoms with van der Waals surface area (Å²) in [6.07, 6.45) is 11.3. The number of fused-ring (bicyclic) bond motifs is 1. The molecular formula is C17H30N2O2. The van der Waals surface area contributed by atoms with Crippen LogP contribution >= 0.6 is 0 Å². The van der Waals surface area contributed by atoms with Crippen LogP contribution in [0.2, 0.25) is 0 Å². The fourth-order valence-electron chi connectivity index (χ4n) is 4.47. The van der Waals surface area contributed by atoms with Gasteiger partial charge in [0.05, 0.1) is 13.2 Å². The second-order valence-corrected chi connectivity index (χ2v) is 7.12. The molecule has 0 aromatic rings. The SMILES string of the molecule is O=C(CN(CCO)C1CCC1)N1CCCC2CCCCC21. The Labute approximate surface area is 128 Å². The number of rotatable bonds is 5. The lowest BCUT2D eigenvalue weighted by Crippen LogP contribution is -2.54. The number of carbonyl (C=O) groups is 1. The molecule has 0 aromatic heterocycles. The summed E-state index contributed by atoms with van der Waals surface area (Å²) in [4.78, 5) is 17.2. The van der Waals surface area contributed by atoms with Crippen LogP contribution in [0.3, 0.4) is 0 Å². The maximum absolute atomic E-state index is 12.8. The van der Waals surface area contributed by atoms with E-state index < -0.39 is 0 Å². The summed E-state index contributed by atoms with van der Waals surface area (Å²) in [7, 11) is 0. The predicted octanol–water partition coefficient (Wildman–Crippen LogP) is 2.01. The highest BCUT2D eigenvalue weighted by Crippen LogP contribution is 2.35. The van der Waals surface area contributed by atoms with Crippen molar-refractivity contribution in [1.82, 2.24) is 9.80 Å². The largest absolute Gasteiger partial charge is 0.395 e. The van der Waals surface area contributed by atoms with Gasteiger partial charge in [0.1, 0.15) is 0 Å². The summed E-state index contributed by atoms with van der Waals surface area (Å²) in [6, 6.07) is 1.05. The number of amides is 1. The third-order valence-corrected chi connectivity index (χ3v) is 5.88. The summed E-state index contributed by atoms with van der Waals surface area (Å²) in [5.41, 5.74) is 0. The predicted molar refractivity (Wildman–Crippen MR) is 83.0 cm³/mol. The number of nitrogens with zero attached hydrogens (tertiary/aromatic N) is 2. The first-order chi connectivity index (χ1) is 10.3. The van der Waals surface area contributed by atoms with E-state index in [0.717, 1.165) is 12.5 Å². The maximum atomic E-state index is 12.8. The summed E-state index contributed by atoms with van der Waals surface area (Å²) in [5.74, 6) is 1.07. The van der Waals surface area contributed by atoms with Gasteiger partial charge in [0.15, 0.2) is 0 Å². The lowest BCUT2D eigenvalue weighted by molar-refractivity contribution is -0.140. The van der Waals surface area contributed by atoms with Crippen LogP contribution in [-0.2, 0) is 4.79 Å². The van der Waals surface area contributed by atoms with Gasteiger partial charge in [-0.05, 0) is 44.4 Å². The van der Waals surface area contributed by atoms with Gasteiger partial charge >= 0.3 is 0 Å². The molecule has 2 atom stereocenters. The van der Waals surface area contributed by atoms with Crippen LogP contribution in [0, 0.1) is 5.92 Å². The van der Waals surface area contributed by atoms with Crippen molar-refractivity contribution < 1.29 is 9.90 Å². The highest BCUT2D eigenvalue weighted by Gasteiger charge is 2.36. The minimum Gasteiger partial charge on any atom is -0.395 e. The first-order valence-electron chi connectivity index (χ1n) is 8.94. The topological polar surface area (TPSA) is 43.8 Å². The van der Waals surface area contributed by atoms with Crippen molar-refractivity contribution in [3.8, 4) is 0 Å². The second kappa shape index (κ2) is 7.10. The molecular weight excluding hydrogens is 264 g/mol. The minimum atomic E-state index is 0.163. The average Bonchev–Trinajstić information content (AvgIpc) is 2.45. The van der Waals surface area contributed by atoms with Crippen LogP contribution < -0.4 is 0 Å². The number of hydrogen-bond donors (Lipinski definition) is 1. The van der Waals surface area contributed by atoms with E-state index in [1.165, 1.54) is 57.8 Å². The first-order valence-corrected chi connectivity index (χ1v) is 8.94. The van der Waals surface area contributed by atoms with Crippen LogP contribution in [0.5, 0.6) is 0 Å². The van der Waals surface area contributed by atoms with Crippen molar-refractivity contribution in [2.45, 2.75) is 69.9 Å². The van der Waals surface area contributed by atoms with Crippen LogP contribution in [0.1, 0.15) is 57.8 Å². The fourth-order valence-corrected chi connectivity index (χ4v) is 4.47. The second-order valence-electron chi connectivity index (χ2n) is 7.12. The van der Waals surface area contributed by atoms with Crippen molar-refractivity contribution in [3.63, 3.8) is 0 Å². The van der Waals surface area contributed by atoms with Crippen LogP contribution in [0.15, 0.2) is 0 Å². The Hall–Kier alpha value is -0.610. The van der Waals surface area contributed by atoms with Gasteiger partial charge in [-0.1, -0.05) is 19.3 Å². The molecule has 0 spiro atoms. The van der Waals surface area contributed by atoms with E-state index in [-0.39, 0.29) is 6.61 Å². The van der Waals surface area contributed by atoms with Crippen LogP contribution in [0.4, 0.5) is 0 Å². The van der Waals surface area contributed by atoms with Crippen molar-refractivity contribution in [1.29, 1.82) is 0 Å². The monoisotopic (exact) mass is 294 g/mol. The van der Waals surface area contributed by atoms with Crippen LogP contribution in [0.25, 0.3) is 0 Å². The Kier molecular flexibility index (Phi) is 5.17. The zero-order valence-electron chi connectivity index (χ0n) is 13.2. The van der Waals surface area contributed by atoms with Gasteiger partial charge in [-0.25, -0.2) is 0 Å². The number of piperidine rings is 1. The number of hydrogen-bond acceptors (Lipinski definition) is 3. The number of likely N-dealkylation sites (tertiary alicyclic amines) is 1. The molecule has 2 aliphatic carbocycles. The van der Waals surface area contributed by atoms with Crippen molar-refractivity contribution in [2.75, 3.05) is 26.2 Å². The molecule has 3 rings (SSSR count). The molecule has 1 aliphatic heterocycles. The lowest BCUT2D eigenvalue weighted by atomic mass is 9.78. The quantitative estimate of drug-likeness (QED) is 0.843. The molecule has 2 unspecified atom stereocenters. The maximum Gasteiger partial charge on any atom is 0.237 e. The van der Waals surface area contributed by atoms with Crippen molar-refractivity contribution in [3.05, 3.63) is 0 Å². The molecule has 0 radical (unpaired) electrons. The smallest absolute Gasteiger partial charge is 0.237 e. The van der Waals surface area contributed by atoms with E-state index >= 15 is 0 Å². The Bertz CT molecular complexity index is 355. The molecule has 120 valence electrons. The van der Waals surface area contributed by atoms with Crippen molar-refractivity contribution >= 4 is 5.91 Å². The van der Waals surface area contributed by atoms with E-state index in [1.54, 1.807) is 0 Å². The Morgan fingerprint density at radius 3 is 2.52 bits per heavy atom. The lowest BCUT2D eigenvalue weighted by Gasteiger charge is -2.45. The van der Waals surface area contributed by atoms with Gasteiger partial charge in [0, 0.05) is 25.2 Å². The molecule has 21 heavy (non-hydrogen) atoms. The molecule has 4 nitrogen and oxygen atoms in total. The van der Waals surface area contributed by atoms with Gasteiger partial charge in [-0.15, -0.1) is 0 Å². The third-order valence-electron chi connectivity index (χ3n) is 5.88. The molecule has 0 aromatic carbocycles. The van der Waals surface area contributed by atoms with E-state index in [9.17, 15) is 9.90 Å². The third kappa shape index (κ3) is 3.42. The Balaban J connectivity index is 1.59. The molecule has 0 bridgehead atoms. The Morgan fingerprint density at radius 1 is 1.05 bits per heavy atom. The molecule has 3 fully saturated rings. The number of aliphatic hydroxyl groups is 1. The van der Waals surface area contributed by atoms with Gasteiger partial charge in [0.2, 0.25) is 5.91 Å².